The smallest absolute Gasteiger partial charge is 0.351 e. The molecule has 0 saturated heterocycles. The first kappa shape index (κ1) is 19.3. The van der Waals surface area contributed by atoms with Crippen LogP contribution in [0.25, 0.3) is 11.3 Å². The number of ether oxygens (including phenoxy) is 1. The molecule has 2 heterocycles. The fourth-order valence-electron chi connectivity index (χ4n) is 3.56. The van der Waals surface area contributed by atoms with Crippen LogP contribution < -0.4 is 0 Å². The van der Waals surface area contributed by atoms with E-state index in [4.69, 9.17) is 4.74 Å². The van der Waals surface area contributed by atoms with Crippen molar-refractivity contribution in [3.05, 3.63) is 75.6 Å². The van der Waals surface area contributed by atoms with Gasteiger partial charge in [0.25, 0.3) is 5.91 Å². The fraction of sp³-hybridized carbons (Fsp3) is 0.261. The van der Waals surface area contributed by atoms with Crippen LogP contribution in [-0.4, -0.2) is 34.4 Å². The molecule has 0 aliphatic carbocycles. The summed E-state index contributed by atoms with van der Waals surface area (Å²) in [5.74, 6) is -0.678. The quantitative estimate of drug-likeness (QED) is 0.608. The van der Waals surface area contributed by atoms with Gasteiger partial charge in [0.1, 0.15) is 4.88 Å². The summed E-state index contributed by atoms with van der Waals surface area (Å²) in [6.07, 6.45) is -0.0341. The number of aromatic nitrogens is 1. The lowest BCUT2D eigenvalue weighted by molar-refractivity contribution is -0.140. The number of carbonyl (C=O) groups excluding carboxylic acids is 2. The molecule has 1 atom stereocenters. The van der Waals surface area contributed by atoms with Crippen molar-refractivity contribution in [2.45, 2.75) is 32.9 Å². The molecule has 0 radical (unpaired) electrons. The number of fused-ring (bicyclic) bond motifs is 1. The zero-order chi connectivity index (χ0) is 20.4. The van der Waals surface area contributed by atoms with Gasteiger partial charge in [-0.3, -0.25) is 4.79 Å². The number of hydrogen-bond donors (Lipinski definition) is 0. The van der Waals surface area contributed by atoms with Crippen LogP contribution in [0.3, 0.4) is 0 Å². The largest absolute Gasteiger partial charge is 0.448 e. The number of esters is 1. The van der Waals surface area contributed by atoms with E-state index in [1.54, 1.807) is 11.8 Å². The first-order chi connectivity index (χ1) is 14.0. The Kier molecular flexibility index (Phi) is 5.45. The van der Waals surface area contributed by atoms with Crippen molar-refractivity contribution in [2.75, 3.05) is 6.54 Å². The van der Waals surface area contributed by atoms with E-state index in [2.05, 4.69) is 11.1 Å². The van der Waals surface area contributed by atoms with Crippen molar-refractivity contribution in [3.63, 3.8) is 0 Å². The second-order valence-corrected chi connectivity index (χ2v) is 8.31. The van der Waals surface area contributed by atoms with Crippen molar-refractivity contribution >= 4 is 23.2 Å². The number of amides is 1. The molecule has 0 spiro atoms. The summed E-state index contributed by atoms with van der Waals surface area (Å²) in [4.78, 5) is 32.4. The molecule has 0 fully saturated rings. The molecule has 0 saturated carbocycles. The molecule has 0 N–H and O–H groups in total. The van der Waals surface area contributed by atoms with Crippen LogP contribution in [0.4, 0.5) is 0 Å². The first-order valence-corrected chi connectivity index (χ1v) is 10.4. The van der Waals surface area contributed by atoms with Gasteiger partial charge in [0, 0.05) is 18.7 Å². The molecule has 5 nitrogen and oxygen atoms in total. The first-order valence-electron chi connectivity index (χ1n) is 9.62. The Balaban J connectivity index is 1.47. The number of aryl methyl sites for hydroxylation is 1. The molecule has 148 valence electrons. The SMILES string of the molecule is Cc1nc(-c2ccccc2)c(C(=O)O[C@@H](C)C(=O)N2CCc3ccccc3C2)s1. The van der Waals surface area contributed by atoms with Gasteiger partial charge < -0.3 is 9.64 Å². The average Bonchev–Trinajstić information content (AvgIpc) is 3.15. The van der Waals surface area contributed by atoms with Crippen LogP contribution in [0, 0.1) is 6.92 Å². The number of hydrogen-bond acceptors (Lipinski definition) is 5. The summed E-state index contributed by atoms with van der Waals surface area (Å²) in [5.41, 5.74) is 3.88. The van der Waals surface area contributed by atoms with Crippen LogP contribution in [0.5, 0.6) is 0 Å². The molecular weight excluding hydrogens is 384 g/mol. The highest BCUT2D eigenvalue weighted by atomic mass is 32.1. The number of benzene rings is 2. The number of carbonyl (C=O) groups is 2. The molecular formula is C23H22N2O3S. The summed E-state index contributed by atoms with van der Waals surface area (Å²) >= 11 is 1.29. The third-order valence-electron chi connectivity index (χ3n) is 5.04. The van der Waals surface area contributed by atoms with Gasteiger partial charge in [-0.1, -0.05) is 54.6 Å². The molecule has 4 rings (SSSR count). The highest BCUT2D eigenvalue weighted by molar-refractivity contribution is 7.14. The normalized spacial score (nSPS) is 14.2. The number of nitrogens with zero attached hydrogens (tertiary/aromatic N) is 2. The Labute approximate surface area is 174 Å². The minimum atomic E-state index is -0.848. The molecule has 0 bridgehead atoms. The Morgan fingerprint density at radius 2 is 1.76 bits per heavy atom. The zero-order valence-corrected chi connectivity index (χ0v) is 17.2. The number of thiazole rings is 1. The topological polar surface area (TPSA) is 59.5 Å². The van der Waals surface area contributed by atoms with Crippen LogP contribution >= 0.6 is 11.3 Å². The third kappa shape index (κ3) is 4.07. The van der Waals surface area contributed by atoms with E-state index in [1.807, 2.05) is 55.5 Å². The monoisotopic (exact) mass is 406 g/mol. The second-order valence-electron chi connectivity index (χ2n) is 7.10. The molecule has 1 aliphatic rings. The Morgan fingerprint density at radius 3 is 2.52 bits per heavy atom. The van der Waals surface area contributed by atoms with Crippen molar-refractivity contribution in [3.8, 4) is 11.3 Å². The standard InChI is InChI=1S/C23H22N2O3S/c1-15(22(26)25-13-12-17-8-6-7-11-19(17)14-25)28-23(27)21-20(24-16(2)29-21)18-9-4-3-5-10-18/h3-11,15H,12-14H2,1-2H3/t15-/m0/s1. The van der Waals surface area contributed by atoms with Crippen LogP contribution in [0.15, 0.2) is 54.6 Å². The third-order valence-corrected chi connectivity index (χ3v) is 5.99. The summed E-state index contributed by atoms with van der Waals surface area (Å²) in [6.45, 7) is 4.67. The highest BCUT2D eigenvalue weighted by Gasteiger charge is 2.29. The van der Waals surface area contributed by atoms with E-state index in [-0.39, 0.29) is 5.91 Å². The minimum Gasteiger partial charge on any atom is -0.448 e. The Morgan fingerprint density at radius 1 is 1.07 bits per heavy atom. The molecule has 3 aromatic rings. The predicted molar refractivity (Wildman–Crippen MR) is 113 cm³/mol. The Hall–Kier alpha value is -2.99. The molecule has 6 heteroatoms. The van der Waals surface area contributed by atoms with Crippen LogP contribution in [0.1, 0.15) is 32.7 Å². The minimum absolute atomic E-state index is 0.171. The summed E-state index contributed by atoms with van der Waals surface area (Å²) < 4.78 is 5.56. The Bertz CT molecular complexity index is 1050. The maximum atomic E-state index is 12.9. The lowest BCUT2D eigenvalue weighted by Gasteiger charge is -2.30. The number of rotatable bonds is 4. The van der Waals surface area contributed by atoms with E-state index < -0.39 is 12.1 Å². The van der Waals surface area contributed by atoms with Crippen molar-refractivity contribution in [1.29, 1.82) is 0 Å². The lowest BCUT2D eigenvalue weighted by atomic mass is 9.99. The maximum absolute atomic E-state index is 12.9. The fourth-order valence-corrected chi connectivity index (χ4v) is 4.39. The van der Waals surface area contributed by atoms with Gasteiger partial charge in [-0.25, -0.2) is 9.78 Å². The molecule has 1 aliphatic heterocycles. The second kappa shape index (κ2) is 8.17. The average molecular weight is 407 g/mol. The highest BCUT2D eigenvalue weighted by Crippen LogP contribution is 2.29. The molecule has 1 aromatic heterocycles. The van der Waals surface area contributed by atoms with Gasteiger partial charge in [0.05, 0.1) is 10.7 Å². The van der Waals surface area contributed by atoms with Crippen molar-refractivity contribution in [1.82, 2.24) is 9.88 Å². The van der Waals surface area contributed by atoms with Gasteiger partial charge in [0.15, 0.2) is 6.10 Å². The van der Waals surface area contributed by atoms with Gasteiger partial charge in [-0.15, -0.1) is 11.3 Å². The van der Waals surface area contributed by atoms with Crippen molar-refractivity contribution in [2.24, 2.45) is 0 Å². The van der Waals surface area contributed by atoms with E-state index in [0.717, 1.165) is 22.6 Å². The summed E-state index contributed by atoms with van der Waals surface area (Å²) in [7, 11) is 0. The van der Waals surface area contributed by atoms with Crippen LogP contribution in [-0.2, 0) is 22.5 Å². The molecule has 2 aromatic carbocycles. The van der Waals surface area contributed by atoms with Crippen molar-refractivity contribution < 1.29 is 14.3 Å². The van der Waals surface area contributed by atoms with Gasteiger partial charge >= 0.3 is 5.97 Å². The lowest BCUT2D eigenvalue weighted by Crippen LogP contribution is -2.42. The predicted octanol–water partition coefficient (Wildman–Crippen LogP) is 4.25. The maximum Gasteiger partial charge on any atom is 0.351 e. The molecule has 0 unspecified atom stereocenters. The van der Waals surface area contributed by atoms with E-state index in [9.17, 15) is 9.59 Å². The molecule has 1 amide bonds. The van der Waals surface area contributed by atoms with E-state index >= 15 is 0 Å². The van der Waals surface area contributed by atoms with E-state index in [1.165, 1.54) is 16.9 Å². The summed E-state index contributed by atoms with van der Waals surface area (Å²) in [5, 5.41) is 0.780. The summed E-state index contributed by atoms with van der Waals surface area (Å²) in [6, 6.07) is 17.7. The van der Waals surface area contributed by atoms with Gasteiger partial charge in [-0.2, -0.15) is 0 Å². The van der Waals surface area contributed by atoms with Gasteiger partial charge in [0.2, 0.25) is 0 Å². The zero-order valence-electron chi connectivity index (χ0n) is 16.4. The molecule has 29 heavy (non-hydrogen) atoms. The van der Waals surface area contributed by atoms with E-state index in [0.29, 0.717) is 23.7 Å². The van der Waals surface area contributed by atoms with Gasteiger partial charge in [-0.05, 0) is 31.4 Å². The van der Waals surface area contributed by atoms with Crippen LogP contribution in [0.2, 0.25) is 0 Å².